The van der Waals surface area contributed by atoms with Crippen LogP contribution in [0.2, 0.25) is 0 Å². The first-order valence-electron chi connectivity index (χ1n) is 7.57. The van der Waals surface area contributed by atoms with Gasteiger partial charge in [0.05, 0.1) is 5.56 Å². The van der Waals surface area contributed by atoms with Crippen molar-refractivity contribution in [1.29, 1.82) is 0 Å². The molecule has 0 saturated heterocycles. The number of fused-ring (bicyclic) bond motifs is 1. The Morgan fingerprint density at radius 3 is 2.81 bits per heavy atom. The molecule has 2 aromatic rings. The van der Waals surface area contributed by atoms with E-state index in [0.29, 0.717) is 6.54 Å². The van der Waals surface area contributed by atoms with Gasteiger partial charge in [0.25, 0.3) is 5.91 Å². The van der Waals surface area contributed by atoms with Crippen molar-refractivity contribution in [1.82, 2.24) is 9.88 Å². The van der Waals surface area contributed by atoms with Gasteiger partial charge in [-0.3, -0.25) is 9.78 Å². The molecule has 1 amide bonds. The molecule has 1 aliphatic rings. The summed E-state index contributed by atoms with van der Waals surface area (Å²) in [5, 5.41) is 2.06. The van der Waals surface area contributed by atoms with Crippen LogP contribution in [0.1, 0.15) is 46.1 Å². The molecule has 110 valence electrons. The minimum Gasteiger partial charge on any atom is -0.335 e. The molecular formula is C17H20N2OS. The van der Waals surface area contributed by atoms with Crippen LogP contribution in [0, 0.1) is 0 Å². The van der Waals surface area contributed by atoms with Gasteiger partial charge in [0, 0.05) is 35.7 Å². The molecule has 0 radical (unpaired) electrons. The van der Waals surface area contributed by atoms with E-state index in [4.69, 9.17) is 0 Å². The van der Waals surface area contributed by atoms with Gasteiger partial charge in [-0.25, -0.2) is 0 Å². The van der Waals surface area contributed by atoms with Crippen molar-refractivity contribution < 1.29 is 4.79 Å². The lowest BCUT2D eigenvalue weighted by molar-refractivity contribution is 0.0752. The Labute approximate surface area is 129 Å². The highest BCUT2D eigenvalue weighted by atomic mass is 32.1. The van der Waals surface area contributed by atoms with Gasteiger partial charge in [0.1, 0.15) is 0 Å². The molecule has 21 heavy (non-hydrogen) atoms. The van der Waals surface area contributed by atoms with Crippen LogP contribution in [-0.2, 0) is 19.4 Å². The Morgan fingerprint density at radius 2 is 2.05 bits per heavy atom. The van der Waals surface area contributed by atoms with Gasteiger partial charge in [0.2, 0.25) is 0 Å². The minimum atomic E-state index is 0.175. The topological polar surface area (TPSA) is 33.2 Å². The molecule has 3 nitrogen and oxygen atoms in total. The maximum Gasteiger partial charge on any atom is 0.255 e. The van der Waals surface area contributed by atoms with E-state index in [2.05, 4.69) is 10.4 Å². The van der Waals surface area contributed by atoms with E-state index >= 15 is 0 Å². The number of thiophene rings is 1. The minimum absolute atomic E-state index is 0.175. The van der Waals surface area contributed by atoms with Crippen LogP contribution in [0.4, 0.5) is 0 Å². The number of hydrogen-bond acceptors (Lipinski definition) is 3. The van der Waals surface area contributed by atoms with Crippen LogP contribution < -0.4 is 0 Å². The van der Waals surface area contributed by atoms with Crippen molar-refractivity contribution in [3.63, 3.8) is 0 Å². The monoisotopic (exact) mass is 300 g/mol. The van der Waals surface area contributed by atoms with Gasteiger partial charge >= 0.3 is 0 Å². The second-order valence-electron chi connectivity index (χ2n) is 5.43. The lowest BCUT2D eigenvalue weighted by Crippen LogP contribution is -2.30. The second kappa shape index (κ2) is 6.39. The highest BCUT2D eigenvalue weighted by molar-refractivity contribution is 7.10. The lowest BCUT2D eigenvalue weighted by Gasteiger charge is -2.22. The van der Waals surface area contributed by atoms with Crippen LogP contribution in [-0.4, -0.2) is 22.3 Å². The quantitative estimate of drug-likeness (QED) is 0.863. The molecule has 3 rings (SSSR count). The molecule has 0 aromatic carbocycles. The van der Waals surface area contributed by atoms with Crippen molar-refractivity contribution in [2.24, 2.45) is 0 Å². The molecule has 0 unspecified atom stereocenters. The number of carbonyl (C=O) groups excluding carboxylic acids is 1. The Hall–Kier alpha value is -1.68. The third-order valence-corrected chi connectivity index (χ3v) is 5.17. The first-order chi connectivity index (χ1) is 10.3. The molecule has 0 saturated carbocycles. The zero-order valence-corrected chi connectivity index (χ0v) is 13.2. The third-order valence-electron chi connectivity index (χ3n) is 4.08. The number of nitrogens with zero attached hydrogens (tertiary/aromatic N) is 2. The van der Waals surface area contributed by atoms with Crippen LogP contribution in [0.3, 0.4) is 0 Å². The van der Waals surface area contributed by atoms with Gasteiger partial charge in [-0.2, -0.15) is 0 Å². The Morgan fingerprint density at radius 1 is 1.29 bits per heavy atom. The fraction of sp³-hybridized carbons (Fsp3) is 0.412. The molecular weight excluding hydrogens is 280 g/mol. The van der Waals surface area contributed by atoms with Gasteiger partial charge in [-0.05, 0) is 55.9 Å². The van der Waals surface area contributed by atoms with Crippen LogP contribution >= 0.6 is 11.3 Å². The van der Waals surface area contributed by atoms with Gasteiger partial charge in [0.15, 0.2) is 0 Å². The molecule has 2 heterocycles. The summed E-state index contributed by atoms with van der Waals surface area (Å²) in [5.41, 5.74) is 3.37. The molecule has 4 heteroatoms. The number of rotatable bonds is 4. The standard InChI is InChI=1S/C17H20N2OS/c1-2-19(11-13-7-9-18-10-8-13)17(20)15-12-21-16-6-4-3-5-14(15)16/h7-10,12H,2-6,11H2,1H3. The predicted molar refractivity (Wildman–Crippen MR) is 85.6 cm³/mol. The van der Waals surface area contributed by atoms with E-state index in [9.17, 15) is 4.79 Å². The normalized spacial score (nSPS) is 13.8. The van der Waals surface area contributed by atoms with Crippen LogP contribution in [0.25, 0.3) is 0 Å². The zero-order chi connectivity index (χ0) is 14.7. The van der Waals surface area contributed by atoms with Crippen molar-refractivity contribution in [3.8, 4) is 0 Å². The first kappa shape index (κ1) is 14.3. The second-order valence-corrected chi connectivity index (χ2v) is 6.40. The average molecular weight is 300 g/mol. The molecule has 1 aliphatic carbocycles. The maximum atomic E-state index is 12.8. The molecule has 0 atom stereocenters. The van der Waals surface area contributed by atoms with Crippen molar-refractivity contribution in [2.75, 3.05) is 6.54 Å². The SMILES string of the molecule is CCN(Cc1ccncc1)C(=O)c1csc2c1CCCC2. The van der Waals surface area contributed by atoms with Crippen molar-refractivity contribution in [2.45, 2.75) is 39.2 Å². The smallest absolute Gasteiger partial charge is 0.255 e. The number of amides is 1. The number of carbonyl (C=O) groups is 1. The molecule has 0 bridgehead atoms. The lowest BCUT2D eigenvalue weighted by atomic mass is 9.95. The van der Waals surface area contributed by atoms with Crippen LogP contribution in [0.15, 0.2) is 29.9 Å². The van der Waals surface area contributed by atoms with E-state index < -0.39 is 0 Å². The highest BCUT2D eigenvalue weighted by Crippen LogP contribution is 2.31. The van der Waals surface area contributed by atoms with Gasteiger partial charge in [-0.15, -0.1) is 11.3 Å². The van der Waals surface area contributed by atoms with E-state index in [1.165, 1.54) is 23.3 Å². The summed E-state index contributed by atoms with van der Waals surface area (Å²) in [5.74, 6) is 0.175. The van der Waals surface area contributed by atoms with Crippen molar-refractivity contribution in [3.05, 3.63) is 51.5 Å². The number of aryl methyl sites for hydroxylation is 1. The zero-order valence-electron chi connectivity index (χ0n) is 12.3. The maximum absolute atomic E-state index is 12.8. The number of hydrogen-bond donors (Lipinski definition) is 0. The first-order valence-corrected chi connectivity index (χ1v) is 8.45. The summed E-state index contributed by atoms with van der Waals surface area (Å²) in [6.07, 6.45) is 8.23. The molecule has 0 N–H and O–H groups in total. The van der Waals surface area contributed by atoms with E-state index in [1.807, 2.05) is 24.0 Å². The van der Waals surface area contributed by atoms with Gasteiger partial charge in [-0.1, -0.05) is 0 Å². The third kappa shape index (κ3) is 3.00. The van der Waals surface area contributed by atoms with Crippen molar-refractivity contribution >= 4 is 17.2 Å². The molecule has 0 spiro atoms. The highest BCUT2D eigenvalue weighted by Gasteiger charge is 2.23. The Bertz CT molecular complexity index is 621. The molecule has 2 aromatic heterocycles. The number of pyridine rings is 1. The fourth-order valence-electron chi connectivity index (χ4n) is 2.88. The van der Waals surface area contributed by atoms with Gasteiger partial charge < -0.3 is 4.90 Å². The summed E-state index contributed by atoms with van der Waals surface area (Å²) in [6, 6.07) is 3.94. The Balaban J connectivity index is 1.81. The molecule has 0 aliphatic heterocycles. The number of aromatic nitrogens is 1. The van der Waals surface area contributed by atoms with Crippen LogP contribution in [0.5, 0.6) is 0 Å². The summed E-state index contributed by atoms with van der Waals surface area (Å²) < 4.78 is 0. The fourth-order valence-corrected chi connectivity index (χ4v) is 4.00. The Kier molecular flexibility index (Phi) is 4.34. The molecule has 0 fully saturated rings. The summed E-state index contributed by atoms with van der Waals surface area (Å²) in [7, 11) is 0. The van der Waals surface area contributed by atoms with E-state index in [0.717, 1.165) is 30.5 Å². The predicted octanol–water partition coefficient (Wildman–Crippen LogP) is 3.68. The summed E-state index contributed by atoms with van der Waals surface area (Å²) >= 11 is 1.76. The average Bonchev–Trinajstić information content (AvgIpc) is 2.97. The van der Waals surface area contributed by atoms with E-state index in [-0.39, 0.29) is 5.91 Å². The van der Waals surface area contributed by atoms with E-state index in [1.54, 1.807) is 23.7 Å². The summed E-state index contributed by atoms with van der Waals surface area (Å²) in [6.45, 7) is 3.42. The largest absolute Gasteiger partial charge is 0.335 e. The summed E-state index contributed by atoms with van der Waals surface area (Å²) in [4.78, 5) is 20.2.